The number of rotatable bonds is 4. The van der Waals surface area contributed by atoms with E-state index in [2.05, 4.69) is 6.07 Å². The second-order valence-corrected chi connectivity index (χ2v) is 6.30. The summed E-state index contributed by atoms with van der Waals surface area (Å²) < 4.78 is 0. The molecule has 0 aliphatic carbocycles. The second-order valence-electron chi connectivity index (χ2n) is 5.23. The lowest BCUT2D eigenvalue weighted by atomic mass is 10.1. The number of thioether (sulfide) groups is 1. The Hall–Kier alpha value is -2.10. The van der Waals surface area contributed by atoms with Crippen LogP contribution in [0.25, 0.3) is 10.8 Å². The van der Waals surface area contributed by atoms with Crippen molar-refractivity contribution in [3.05, 3.63) is 78.4 Å². The van der Waals surface area contributed by atoms with Crippen LogP contribution in [0.5, 0.6) is 0 Å². The first kappa shape index (κ1) is 14.8. The van der Waals surface area contributed by atoms with Gasteiger partial charge in [0.15, 0.2) is 0 Å². The van der Waals surface area contributed by atoms with E-state index in [-0.39, 0.29) is 5.12 Å². The zero-order valence-electron chi connectivity index (χ0n) is 12.1. The molecule has 3 heteroatoms. The minimum Gasteiger partial charge on any atom is -0.320 e. The summed E-state index contributed by atoms with van der Waals surface area (Å²) in [4.78, 5) is 13.2. The molecule has 0 aliphatic heterocycles. The van der Waals surface area contributed by atoms with Crippen molar-refractivity contribution in [2.75, 3.05) is 0 Å². The van der Waals surface area contributed by atoms with Crippen molar-refractivity contribution in [1.82, 2.24) is 0 Å². The first-order valence-corrected chi connectivity index (χ1v) is 8.04. The van der Waals surface area contributed by atoms with Crippen LogP contribution >= 0.6 is 11.8 Å². The van der Waals surface area contributed by atoms with Gasteiger partial charge in [-0.1, -0.05) is 72.4 Å². The molecule has 0 spiro atoms. The molecule has 2 nitrogen and oxygen atoms in total. The van der Waals surface area contributed by atoms with Gasteiger partial charge < -0.3 is 5.73 Å². The molecule has 0 aromatic heterocycles. The molecule has 110 valence electrons. The highest BCUT2D eigenvalue weighted by molar-refractivity contribution is 8.13. The molecular weight excluding hydrogens is 290 g/mol. The molecule has 0 saturated heterocycles. The van der Waals surface area contributed by atoms with Crippen molar-refractivity contribution in [2.24, 2.45) is 5.73 Å². The van der Waals surface area contributed by atoms with Crippen LogP contribution in [0.2, 0.25) is 0 Å². The Balaban J connectivity index is 1.69. The lowest BCUT2D eigenvalue weighted by molar-refractivity contribution is -0.112. The molecule has 1 atom stereocenters. The van der Waals surface area contributed by atoms with E-state index in [0.717, 1.165) is 15.8 Å². The molecule has 0 bridgehead atoms. The Morgan fingerprint density at radius 3 is 2.36 bits per heavy atom. The van der Waals surface area contributed by atoms with Crippen molar-refractivity contribution < 1.29 is 4.79 Å². The molecule has 0 radical (unpaired) electrons. The number of hydrogen-bond donors (Lipinski definition) is 1. The molecule has 0 heterocycles. The number of hydrogen-bond acceptors (Lipinski definition) is 3. The van der Waals surface area contributed by atoms with E-state index < -0.39 is 6.04 Å². The Labute approximate surface area is 134 Å². The summed E-state index contributed by atoms with van der Waals surface area (Å²) >= 11 is 1.22. The summed E-state index contributed by atoms with van der Waals surface area (Å²) in [6.07, 6.45) is 0.570. The molecule has 3 rings (SSSR count). The fourth-order valence-corrected chi connectivity index (χ4v) is 3.16. The van der Waals surface area contributed by atoms with E-state index >= 15 is 0 Å². The van der Waals surface area contributed by atoms with Gasteiger partial charge in [-0.15, -0.1) is 0 Å². The fraction of sp³-hybridized carbons (Fsp3) is 0.105. The molecule has 0 fully saturated rings. The van der Waals surface area contributed by atoms with Crippen LogP contribution in [0.1, 0.15) is 5.56 Å². The first-order chi connectivity index (χ1) is 10.7. The monoisotopic (exact) mass is 307 g/mol. The third-order valence-electron chi connectivity index (χ3n) is 3.54. The molecule has 0 amide bonds. The van der Waals surface area contributed by atoms with Gasteiger partial charge in [0.2, 0.25) is 5.12 Å². The minimum atomic E-state index is -0.487. The standard InChI is InChI=1S/C19H17NOS/c20-18(12-14-6-2-1-3-7-14)19(21)22-17-11-10-15-8-4-5-9-16(15)13-17/h1-11,13,18H,12,20H2/t18-/m1/s1. The van der Waals surface area contributed by atoms with Crippen LogP contribution in [-0.4, -0.2) is 11.2 Å². The van der Waals surface area contributed by atoms with Gasteiger partial charge in [-0.25, -0.2) is 0 Å². The van der Waals surface area contributed by atoms with Crippen molar-refractivity contribution >= 4 is 27.6 Å². The highest BCUT2D eigenvalue weighted by atomic mass is 32.2. The van der Waals surface area contributed by atoms with Gasteiger partial charge in [0.05, 0.1) is 6.04 Å². The van der Waals surface area contributed by atoms with Crippen LogP contribution in [0.4, 0.5) is 0 Å². The lowest BCUT2D eigenvalue weighted by Crippen LogP contribution is -2.30. The van der Waals surface area contributed by atoms with E-state index in [1.54, 1.807) is 0 Å². The average Bonchev–Trinajstić information content (AvgIpc) is 2.55. The summed E-state index contributed by atoms with van der Waals surface area (Å²) in [7, 11) is 0. The molecule has 22 heavy (non-hydrogen) atoms. The summed E-state index contributed by atoms with van der Waals surface area (Å²) in [6.45, 7) is 0. The van der Waals surface area contributed by atoms with E-state index in [4.69, 9.17) is 5.73 Å². The maximum Gasteiger partial charge on any atom is 0.210 e. The zero-order valence-corrected chi connectivity index (χ0v) is 12.9. The second kappa shape index (κ2) is 6.77. The van der Waals surface area contributed by atoms with Crippen LogP contribution in [-0.2, 0) is 11.2 Å². The van der Waals surface area contributed by atoms with Gasteiger partial charge >= 0.3 is 0 Å². The molecule has 3 aromatic rings. The largest absolute Gasteiger partial charge is 0.320 e. The fourth-order valence-electron chi connectivity index (χ4n) is 2.37. The Morgan fingerprint density at radius 2 is 1.59 bits per heavy atom. The third-order valence-corrected chi connectivity index (χ3v) is 4.53. The van der Waals surface area contributed by atoms with E-state index in [1.165, 1.54) is 17.1 Å². The highest BCUT2D eigenvalue weighted by Crippen LogP contribution is 2.25. The third kappa shape index (κ3) is 3.56. The smallest absolute Gasteiger partial charge is 0.210 e. The summed E-state index contributed by atoms with van der Waals surface area (Å²) in [5, 5.41) is 2.31. The number of carbonyl (C=O) groups is 1. The Bertz CT molecular complexity index is 786. The maximum atomic E-state index is 12.3. The highest BCUT2D eigenvalue weighted by Gasteiger charge is 2.15. The molecule has 3 aromatic carbocycles. The molecule has 0 unspecified atom stereocenters. The molecule has 0 aliphatic rings. The quantitative estimate of drug-likeness (QED) is 0.740. The topological polar surface area (TPSA) is 43.1 Å². The van der Waals surface area contributed by atoms with Gasteiger partial charge in [-0.05, 0) is 34.9 Å². The van der Waals surface area contributed by atoms with Crippen molar-refractivity contribution in [2.45, 2.75) is 17.4 Å². The van der Waals surface area contributed by atoms with E-state index in [0.29, 0.717) is 6.42 Å². The van der Waals surface area contributed by atoms with Crippen molar-refractivity contribution in [3.8, 4) is 0 Å². The summed E-state index contributed by atoms with van der Waals surface area (Å²) in [5.41, 5.74) is 7.12. The summed E-state index contributed by atoms with van der Waals surface area (Å²) in [5.74, 6) is 0. The predicted octanol–water partition coefficient (Wildman–Crippen LogP) is 4.03. The molecule has 0 saturated carbocycles. The van der Waals surface area contributed by atoms with Gasteiger partial charge in [-0.3, -0.25) is 4.79 Å². The van der Waals surface area contributed by atoms with Gasteiger partial charge in [0.1, 0.15) is 0 Å². The van der Waals surface area contributed by atoms with Crippen LogP contribution in [0, 0.1) is 0 Å². The van der Waals surface area contributed by atoms with Crippen LogP contribution < -0.4 is 5.73 Å². The number of fused-ring (bicyclic) bond motifs is 1. The predicted molar refractivity (Wildman–Crippen MR) is 92.9 cm³/mol. The van der Waals surface area contributed by atoms with Crippen LogP contribution in [0.15, 0.2) is 77.7 Å². The van der Waals surface area contributed by atoms with Crippen LogP contribution in [0.3, 0.4) is 0 Å². The van der Waals surface area contributed by atoms with Gasteiger partial charge in [0, 0.05) is 4.90 Å². The number of nitrogens with two attached hydrogens (primary N) is 1. The molecular formula is C19H17NOS. The number of benzene rings is 3. The average molecular weight is 307 g/mol. The first-order valence-electron chi connectivity index (χ1n) is 7.22. The maximum absolute atomic E-state index is 12.3. The Morgan fingerprint density at radius 1 is 0.909 bits per heavy atom. The van der Waals surface area contributed by atoms with Gasteiger partial charge in [-0.2, -0.15) is 0 Å². The minimum absolute atomic E-state index is 0.000802. The van der Waals surface area contributed by atoms with Crippen molar-refractivity contribution in [3.63, 3.8) is 0 Å². The SMILES string of the molecule is N[C@H](Cc1ccccc1)C(=O)Sc1ccc2ccccc2c1. The van der Waals surface area contributed by atoms with Gasteiger partial charge in [0.25, 0.3) is 0 Å². The normalized spacial score (nSPS) is 12.2. The zero-order chi connectivity index (χ0) is 15.4. The Kier molecular flexibility index (Phi) is 4.56. The number of carbonyl (C=O) groups excluding carboxylic acids is 1. The van der Waals surface area contributed by atoms with E-state index in [1.807, 2.05) is 66.7 Å². The van der Waals surface area contributed by atoms with E-state index in [9.17, 15) is 4.79 Å². The summed E-state index contributed by atoms with van der Waals surface area (Å²) in [6, 6.07) is 23.5. The molecule has 2 N–H and O–H groups in total. The van der Waals surface area contributed by atoms with Crippen molar-refractivity contribution in [1.29, 1.82) is 0 Å². The lowest BCUT2D eigenvalue weighted by Gasteiger charge is -2.10.